The van der Waals surface area contributed by atoms with Gasteiger partial charge >= 0.3 is 6.01 Å². The first-order valence-electron chi connectivity index (χ1n) is 6.66. The summed E-state index contributed by atoms with van der Waals surface area (Å²) < 4.78 is 10.8. The molecule has 0 aliphatic heterocycles. The number of nitrogens with zero attached hydrogens (tertiary/aromatic N) is 5. The number of rotatable bonds is 5. The Morgan fingerprint density at radius 3 is 2.81 bits per heavy atom. The highest BCUT2D eigenvalue weighted by Gasteiger charge is 2.14. The number of aryl methyl sites for hydroxylation is 1. The Balaban J connectivity index is 1.72. The van der Waals surface area contributed by atoms with Gasteiger partial charge in [0, 0.05) is 25.7 Å². The monoisotopic (exact) mass is 285 g/mol. The van der Waals surface area contributed by atoms with Crippen LogP contribution in [0.4, 0.5) is 6.01 Å². The molecule has 0 aliphatic rings. The number of anilines is 1. The van der Waals surface area contributed by atoms with Crippen molar-refractivity contribution in [3.63, 3.8) is 0 Å². The predicted octanol–water partition coefficient (Wildman–Crippen LogP) is 2.32. The summed E-state index contributed by atoms with van der Waals surface area (Å²) in [5.41, 5.74) is 1.49. The molecule has 0 aromatic carbocycles. The standard InChI is InChI=1S/C14H15N5O2/c1-3-13-16-17-14(20-13)19(2)9-10-8-12(18-21-10)11-6-4-5-7-15-11/h4-8H,3,9H2,1-2H3. The van der Waals surface area contributed by atoms with E-state index in [0.717, 1.165) is 5.69 Å². The molecule has 7 nitrogen and oxygen atoms in total. The largest absolute Gasteiger partial charge is 0.408 e. The van der Waals surface area contributed by atoms with Crippen molar-refractivity contribution in [3.05, 3.63) is 42.1 Å². The third kappa shape index (κ3) is 2.91. The molecule has 0 unspecified atom stereocenters. The molecule has 0 aliphatic carbocycles. The van der Waals surface area contributed by atoms with Crippen LogP contribution in [-0.4, -0.2) is 27.4 Å². The van der Waals surface area contributed by atoms with Crippen LogP contribution >= 0.6 is 0 Å². The second-order valence-corrected chi connectivity index (χ2v) is 4.58. The summed E-state index contributed by atoms with van der Waals surface area (Å²) in [5, 5.41) is 11.9. The van der Waals surface area contributed by atoms with Crippen molar-refractivity contribution < 1.29 is 8.94 Å². The van der Waals surface area contributed by atoms with Crippen LogP contribution in [0.1, 0.15) is 18.6 Å². The lowest BCUT2D eigenvalue weighted by atomic mass is 10.2. The first kappa shape index (κ1) is 13.3. The maximum atomic E-state index is 5.49. The molecule has 0 fully saturated rings. The van der Waals surface area contributed by atoms with Gasteiger partial charge in [-0.3, -0.25) is 4.98 Å². The maximum absolute atomic E-state index is 5.49. The molecule has 3 rings (SSSR count). The average molecular weight is 285 g/mol. The summed E-state index contributed by atoms with van der Waals surface area (Å²) in [6, 6.07) is 7.97. The highest BCUT2D eigenvalue weighted by molar-refractivity contribution is 5.53. The van der Waals surface area contributed by atoms with E-state index in [0.29, 0.717) is 36.3 Å². The lowest BCUT2D eigenvalue weighted by Gasteiger charge is -2.10. The third-order valence-electron chi connectivity index (χ3n) is 2.96. The third-order valence-corrected chi connectivity index (χ3v) is 2.96. The quantitative estimate of drug-likeness (QED) is 0.711. The molecule has 0 atom stereocenters. The molecular weight excluding hydrogens is 270 g/mol. The molecule has 0 bridgehead atoms. The molecule has 0 N–H and O–H groups in total. The SMILES string of the molecule is CCc1nnc(N(C)Cc2cc(-c3ccccn3)no2)o1. The number of hydrogen-bond donors (Lipinski definition) is 0. The maximum Gasteiger partial charge on any atom is 0.318 e. The van der Waals surface area contributed by atoms with Gasteiger partial charge in [0.2, 0.25) is 5.89 Å². The lowest BCUT2D eigenvalue weighted by molar-refractivity contribution is 0.380. The first-order chi connectivity index (χ1) is 10.3. The molecule has 3 aromatic rings. The minimum absolute atomic E-state index is 0.461. The van der Waals surface area contributed by atoms with E-state index in [-0.39, 0.29) is 0 Å². The molecule has 108 valence electrons. The Bertz CT molecular complexity index is 707. The number of pyridine rings is 1. The molecule has 0 spiro atoms. The summed E-state index contributed by atoms with van der Waals surface area (Å²) >= 11 is 0. The van der Waals surface area contributed by atoms with Crippen molar-refractivity contribution in [2.75, 3.05) is 11.9 Å². The van der Waals surface area contributed by atoms with Gasteiger partial charge in [0.1, 0.15) is 5.69 Å². The zero-order valence-electron chi connectivity index (χ0n) is 11.9. The second kappa shape index (κ2) is 5.74. The van der Waals surface area contributed by atoms with Gasteiger partial charge in [0.15, 0.2) is 5.76 Å². The molecule has 0 radical (unpaired) electrons. The fourth-order valence-corrected chi connectivity index (χ4v) is 1.87. The number of hydrogen-bond acceptors (Lipinski definition) is 7. The summed E-state index contributed by atoms with van der Waals surface area (Å²) in [5.74, 6) is 1.32. The lowest BCUT2D eigenvalue weighted by Crippen LogP contribution is -2.16. The Morgan fingerprint density at radius 2 is 2.10 bits per heavy atom. The van der Waals surface area contributed by atoms with Crippen molar-refractivity contribution in [3.8, 4) is 11.4 Å². The Morgan fingerprint density at radius 1 is 1.19 bits per heavy atom. The molecule has 21 heavy (non-hydrogen) atoms. The molecule has 3 aromatic heterocycles. The van der Waals surface area contributed by atoms with Crippen molar-refractivity contribution in [1.29, 1.82) is 0 Å². The second-order valence-electron chi connectivity index (χ2n) is 4.58. The summed E-state index contributed by atoms with van der Waals surface area (Å²) in [6.07, 6.45) is 2.44. The van der Waals surface area contributed by atoms with E-state index in [9.17, 15) is 0 Å². The summed E-state index contributed by atoms with van der Waals surface area (Å²) in [6.45, 7) is 2.46. The Hall–Kier alpha value is -2.70. The zero-order chi connectivity index (χ0) is 14.7. The van der Waals surface area contributed by atoms with Crippen LogP contribution in [0.25, 0.3) is 11.4 Å². The Labute approximate surface area is 121 Å². The van der Waals surface area contributed by atoms with Crippen LogP contribution in [-0.2, 0) is 13.0 Å². The van der Waals surface area contributed by atoms with Gasteiger partial charge in [0.25, 0.3) is 0 Å². The van der Waals surface area contributed by atoms with Gasteiger partial charge in [-0.15, -0.1) is 5.10 Å². The minimum atomic E-state index is 0.461. The van der Waals surface area contributed by atoms with Gasteiger partial charge < -0.3 is 13.8 Å². The van der Waals surface area contributed by atoms with E-state index in [1.807, 2.05) is 43.1 Å². The van der Waals surface area contributed by atoms with Crippen LogP contribution in [0.2, 0.25) is 0 Å². The van der Waals surface area contributed by atoms with Crippen molar-refractivity contribution in [2.24, 2.45) is 0 Å². The van der Waals surface area contributed by atoms with Crippen LogP contribution in [0.3, 0.4) is 0 Å². The molecule has 0 saturated carbocycles. The fourth-order valence-electron chi connectivity index (χ4n) is 1.87. The van der Waals surface area contributed by atoms with E-state index in [4.69, 9.17) is 8.94 Å². The van der Waals surface area contributed by atoms with E-state index in [1.54, 1.807) is 6.20 Å². The van der Waals surface area contributed by atoms with E-state index in [2.05, 4.69) is 20.3 Å². The highest BCUT2D eigenvalue weighted by atomic mass is 16.5. The molecular formula is C14H15N5O2. The minimum Gasteiger partial charge on any atom is -0.408 e. The van der Waals surface area contributed by atoms with Crippen molar-refractivity contribution in [1.82, 2.24) is 20.3 Å². The predicted molar refractivity (Wildman–Crippen MR) is 75.5 cm³/mol. The van der Waals surface area contributed by atoms with Gasteiger partial charge in [-0.2, -0.15) is 0 Å². The topological polar surface area (TPSA) is 81.1 Å². The number of aromatic nitrogens is 4. The van der Waals surface area contributed by atoms with E-state index in [1.165, 1.54) is 0 Å². The Kier molecular flexibility index (Phi) is 3.63. The normalized spacial score (nSPS) is 10.8. The fraction of sp³-hybridized carbons (Fsp3) is 0.286. The van der Waals surface area contributed by atoms with Gasteiger partial charge in [-0.1, -0.05) is 23.2 Å². The zero-order valence-corrected chi connectivity index (χ0v) is 11.9. The summed E-state index contributed by atoms with van der Waals surface area (Å²) in [4.78, 5) is 6.05. The highest BCUT2D eigenvalue weighted by Crippen LogP contribution is 2.19. The molecule has 7 heteroatoms. The molecule has 0 amide bonds. The van der Waals surface area contributed by atoms with Gasteiger partial charge in [-0.05, 0) is 12.1 Å². The van der Waals surface area contributed by atoms with Crippen molar-refractivity contribution in [2.45, 2.75) is 19.9 Å². The van der Waals surface area contributed by atoms with Crippen LogP contribution < -0.4 is 4.90 Å². The van der Waals surface area contributed by atoms with Gasteiger partial charge in [-0.25, -0.2) is 0 Å². The van der Waals surface area contributed by atoms with Crippen molar-refractivity contribution >= 4 is 6.01 Å². The van der Waals surface area contributed by atoms with E-state index < -0.39 is 0 Å². The van der Waals surface area contributed by atoms with E-state index >= 15 is 0 Å². The van der Waals surface area contributed by atoms with Crippen LogP contribution in [0.5, 0.6) is 0 Å². The summed E-state index contributed by atoms with van der Waals surface area (Å²) in [7, 11) is 1.86. The van der Waals surface area contributed by atoms with Gasteiger partial charge in [0.05, 0.1) is 12.2 Å². The average Bonchev–Trinajstić information content (AvgIpc) is 3.17. The van der Waals surface area contributed by atoms with Crippen LogP contribution in [0.15, 0.2) is 39.4 Å². The molecule has 3 heterocycles. The first-order valence-corrected chi connectivity index (χ1v) is 6.66. The molecule has 0 saturated heterocycles. The van der Waals surface area contributed by atoms with Crippen LogP contribution in [0, 0.1) is 0 Å². The smallest absolute Gasteiger partial charge is 0.318 e.